The lowest BCUT2D eigenvalue weighted by Gasteiger charge is -2.32. The molecule has 100 valence electrons. The van der Waals surface area contributed by atoms with Crippen molar-refractivity contribution in [2.75, 3.05) is 5.32 Å². The molecule has 19 heavy (non-hydrogen) atoms. The van der Waals surface area contributed by atoms with Crippen molar-refractivity contribution in [3.63, 3.8) is 0 Å². The molecule has 2 heterocycles. The summed E-state index contributed by atoms with van der Waals surface area (Å²) in [6.07, 6.45) is 4.08. The Bertz CT molecular complexity index is 561. The lowest BCUT2D eigenvalue weighted by molar-refractivity contribution is 0.437. The molecule has 1 aromatic carbocycles. The number of fused-ring (bicyclic) bond motifs is 1. The number of nitrogens with one attached hydrogen (secondary N) is 1. The summed E-state index contributed by atoms with van der Waals surface area (Å²) in [7, 11) is 0. The van der Waals surface area contributed by atoms with Gasteiger partial charge in [0, 0.05) is 12.2 Å². The highest BCUT2D eigenvalue weighted by Crippen LogP contribution is 2.35. The Morgan fingerprint density at radius 1 is 1.37 bits per heavy atom. The van der Waals surface area contributed by atoms with E-state index in [0.717, 1.165) is 19.4 Å². The first-order valence-corrected chi connectivity index (χ1v) is 7.02. The Hall–Kier alpha value is -1.84. The summed E-state index contributed by atoms with van der Waals surface area (Å²) in [6, 6.07) is 8.85. The van der Waals surface area contributed by atoms with Crippen LogP contribution < -0.4 is 5.32 Å². The monoisotopic (exact) mass is 256 g/mol. The molecular formula is C15H20N4. The Morgan fingerprint density at radius 3 is 3.05 bits per heavy atom. The molecule has 0 saturated carbocycles. The Kier molecular flexibility index (Phi) is 3.23. The first-order chi connectivity index (χ1) is 9.29. The van der Waals surface area contributed by atoms with E-state index in [4.69, 9.17) is 0 Å². The second-order valence-electron chi connectivity index (χ2n) is 5.34. The first kappa shape index (κ1) is 12.2. The standard InChI is InChI=1S/C15H20N4/c1-3-8-19-14(10-16-18-19)15-11(2)9-12-6-4-5-7-13(12)17-15/h4-7,10-11,15,17H,3,8-9H2,1-2H3. The molecule has 1 aromatic heterocycles. The molecule has 1 N–H and O–H groups in total. The molecule has 2 unspecified atom stereocenters. The van der Waals surface area contributed by atoms with Crippen molar-refractivity contribution >= 4 is 5.69 Å². The van der Waals surface area contributed by atoms with E-state index >= 15 is 0 Å². The van der Waals surface area contributed by atoms with E-state index in [1.165, 1.54) is 16.9 Å². The minimum absolute atomic E-state index is 0.302. The van der Waals surface area contributed by atoms with Gasteiger partial charge in [0.25, 0.3) is 0 Å². The van der Waals surface area contributed by atoms with Gasteiger partial charge in [0.2, 0.25) is 0 Å². The number of nitrogens with zero attached hydrogens (tertiary/aromatic N) is 3. The number of aryl methyl sites for hydroxylation is 1. The van der Waals surface area contributed by atoms with Crippen molar-refractivity contribution in [1.29, 1.82) is 0 Å². The normalized spacial score (nSPS) is 21.8. The van der Waals surface area contributed by atoms with Crippen LogP contribution in [0, 0.1) is 5.92 Å². The summed E-state index contributed by atoms with van der Waals surface area (Å²) in [6.45, 7) is 5.39. The first-order valence-electron chi connectivity index (χ1n) is 7.02. The van der Waals surface area contributed by atoms with Gasteiger partial charge in [-0.25, -0.2) is 4.68 Å². The van der Waals surface area contributed by atoms with Crippen LogP contribution in [-0.4, -0.2) is 15.0 Å². The van der Waals surface area contributed by atoms with E-state index in [1.54, 1.807) is 0 Å². The third-order valence-corrected chi connectivity index (χ3v) is 3.84. The Morgan fingerprint density at radius 2 is 2.21 bits per heavy atom. The van der Waals surface area contributed by atoms with Crippen LogP contribution in [0.15, 0.2) is 30.5 Å². The molecule has 0 spiro atoms. The summed E-state index contributed by atoms with van der Waals surface area (Å²) in [4.78, 5) is 0. The highest BCUT2D eigenvalue weighted by Gasteiger charge is 2.28. The van der Waals surface area contributed by atoms with Crippen molar-refractivity contribution in [2.24, 2.45) is 5.92 Å². The van der Waals surface area contributed by atoms with Gasteiger partial charge in [-0.05, 0) is 30.4 Å². The van der Waals surface area contributed by atoms with Gasteiger partial charge in [0.15, 0.2) is 0 Å². The number of hydrogen-bond acceptors (Lipinski definition) is 3. The van der Waals surface area contributed by atoms with Crippen molar-refractivity contribution in [3.05, 3.63) is 41.7 Å². The number of aromatic nitrogens is 3. The maximum absolute atomic E-state index is 4.20. The molecule has 0 amide bonds. The highest BCUT2D eigenvalue weighted by atomic mass is 15.4. The maximum atomic E-state index is 4.20. The van der Waals surface area contributed by atoms with Crippen molar-refractivity contribution < 1.29 is 0 Å². The predicted octanol–water partition coefficient (Wildman–Crippen LogP) is 3.03. The van der Waals surface area contributed by atoms with Gasteiger partial charge in [-0.1, -0.05) is 37.3 Å². The molecule has 4 heteroatoms. The average Bonchev–Trinajstić information content (AvgIpc) is 2.86. The molecule has 1 aliphatic heterocycles. The Balaban J connectivity index is 1.91. The second-order valence-corrected chi connectivity index (χ2v) is 5.34. The molecule has 0 radical (unpaired) electrons. The number of rotatable bonds is 3. The molecule has 0 saturated heterocycles. The van der Waals surface area contributed by atoms with Gasteiger partial charge in [0.1, 0.15) is 0 Å². The third kappa shape index (κ3) is 2.23. The zero-order valence-electron chi connectivity index (χ0n) is 11.5. The summed E-state index contributed by atoms with van der Waals surface area (Å²) < 4.78 is 2.03. The smallest absolute Gasteiger partial charge is 0.0812 e. The molecule has 3 rings (SSSR count). The van der Waals surface area contributed by atoms with Crippen LogP contribution in [0.4, 0.5) is 5.69 Å². The van der Waals surface area contributed by atoms with Gasteiger partial charge in [-0.15, -0.1) is 5.10 Å². The van der Waals surface area contributed by atoms with Gasteiger partial charge in [-0.2, -0.15) is 0 Å². The molecule has 0 aliphatic carbocycles. The molecule has 2 aromatic rings. The van der Waals surface area contributed by atoms with Crippen molar-refractivity contribution in [1.82, 2.24) is 15.0 Å². The zero-order valence-corrected chi connectivity index (χ0v) is 11.5. The van der Waals surface area contributed by atoms with Gasteiger partial charge in [0.05, 0.1) is 17.9 Å². The van der Waals surface area contributed by atoms with E-state index < -0.39 is 0 Å². The minimum Gasteiger partial charge on any atom is -0.376 e. The van der Waals surface area contributed by atoms with E-state index in [0.29, 0.717) is 12.0 Å². The quantitative estimate of drug-likeness (QED) is 0.918. The van der Waals surface area contributed by atoms with E-state index in [-0.39, 0.29) is 0 Å². The predicted molar refractivity (Wildman–Crippen MR) is 76.0 cm³/mol. The number of benzene rings is 1. The number of hydrogen-bond donors (Lipinski definition) is 1. The van der Waals surface area contributed by atoms with Crippen LogP contribution in [0.5, 0.6) is 0 Å². The lowest BCUT2D eigenvalue weighted by atomic mass is 9.87. The van der Waals surface area contributed by atoms with Crippen molar-refractivity contribution in [2.45, 2.75) is 39.3 Å². The largest absolute Gasteiger partial charge is 0.376 e. The average molecular weight is 256 g/mol. The molecular weight excluding hydrogens is 236 g/mol. The van der Waals surface area contributed by atoms with Gasteiger partial charge in [-0.3, -0.25) is 0 Å². The fourth-order valence-electron chi connectivity index (χ4n) is 2.87. The summed E-state index contributed by atoms with van der Waals surface area (Å²) in [5.41, 5.74) is 3.85. The molecule has 0 fully saturated rings. The van der Waals surface area contributed by atoms with Crippen LogP contribution >= 0.6 is 0 Å². The summed E-state index contributed by atoms with van der Waals surface area (Å²) >= 11 is 0. The van der Waals surface area contributed by atoms with Crippen LogP contribution in [0.25, 0.3) is 0 Å². The van der Waals surface area contributed by atoms with E-state index in [9.17, 15) is 0 Å². The second kappa shape index (κ2) is 5.03. The van der Waals surface area contributed by atoms with Crippen LogP contribution in [0.3, 0.4) is 0 Å². The summed E-state index contributed by atoms with van der Waals surface area (Å²) in [5.74, 6) is 0.545. The van der Waals surface area contributed by atoms with Crippen LogP contribution in [0.1, 0.15) is 37.6 Å². The number of para-hydroxylation sites is 1. The topological polar surface area (TPSA) is 42.7 Å². The van der Waals surface area contributed by atoms with Crippen molar-refractivity contribution in [3.8, 4) is 0 Å². The third-order valence-electron chi connectivity index (χ3n) is 3.84. The lowest BCUT2D eigenvalue weighted by Crippen LogP contribution is -2.28. The zero-order chi connectivity index (χ0) is 13.2. The van der Waals surface area contributed by atoms with Crippen LogP contribution in [-0.2, 0) is 13.0 Å². The molecule has 0 bridgehead atoms. The maximum Gasteiger partial charge on any atom is 0.0812 e. The fourth-order valence-corrected chi connectivity index (χ4v) is 2.87. The van der Waals surface area contributed by atoms with Crippen LogP contribution in [0.2, 0.25) is 0 Å². The fraction of sp³-hybridized carbons (Fsp3) is 0.467. The minimum atomic E-state index is 0.302. The molecule has 1 aliphatic rings. The van der Waals surface area contributed by atoms with E-state index in [1.807, 2.05) is 10.9 Å². The SMILES string of the molecule is CCCn1nncc1C1Nc2ccccc2CC1C. The molecule has 2 atom stereocenters. The van der Waals surface area contributed by atoms with Gasteiger partial charge >= 0.3 is 0 Å². The Labute approximate surface area is 113 Å². The van der Waals surface area contributed by atoms with E-state index in [2.05, 4.69) is 53.7 Å². The highest BCUT2D eigenvalue weighted by molar-refractivity contribution is 5.54. The van der Waals surface area contributed by atoms with Gasteiger partial charge < -0.3 is 5.32 Å². The molecule has 4 nitrogen and oxygen atoms in total. The summed E-state index contributed by atoms with van der Waals surface area (Å²) in [5, 5.41) is 11.9. The number of anilines is 1.